The first-order valence-electron chi connectivity index (χ1n) is 13.9. The first kappa shape index (κ1) is 39.7. The lowest BCUT2D eigenvalue weighted by atomic mass is 10.0. The summed E-state index contributed by atoms with van der Waals surface area (Å²) < 4.78 is 135. The zero-order chi connectivity index (χ0) is 40.1. The Morgan fingerprint density at radius 3 is 1.78 bits per heavy atom. The van der Waals surface area contributed by atoms with Crippen LogP contribution in [0.5, 0.6) is 5.75 Å². The number of azo groups is 2. The number of hydrogen-bond acceptors (Lipinski definition) is 19. The van der Waals surface area contributed by atoms with Crippen molar-refractivity contribution in [3.8, 4) is 5.75 Å². The van der Waals surface area contributed by atoms with Crippen molar-refractivity contribution in [2.75, 3.05) is 16.8 Å². The van der Waals surface area contributed by atoms with Gasteiger partial charge in [-0.25, -0.2) is 0 Å². The normalized spacial score (nSPS) is 12.9. The van der Waals surface area contributed by atoms with Gasteiger partial charge in [0.05, 0.1) is 16.0 Å². The van der Waals surface area contributed by atoms with Crippen LogP contribution in [0.4, 0.5) is 46.0 Å². The largest absolute Gasteiger partial charge is 0.505 e. The predicted octanol–water partition coefficient (Wildman–Crippen LogP) is 4.42. The fourth-order valence-corrected chi connectivity index (χ4v) is 7.25. The van der Waals surface area contributed by atoms with Crippen molar-refractivity contribution < 1.29 is 57.0 Å². The number of anilines is 4. The molecule has 1 heterocycles. The number of aryl methyl sites for hydroxylation is 1. The highest BCUT2D eigenvalue weighted by Gasteiger charge is 2.26. The predicted molar refractivity (Wildman–Crippen MR) is 188 cm³/mol. The average molecular weight is 845 g/mol. The Labute approximate surface area is 308 Å². The number of nitrogens with one attached hydrogen (secondary N) is 1. The van der Waals surface area contributed by atoms with E-state index in [1.54, 1.807) is 0 Å². The number of phenolic OH excluding ortho intramolecular Hbond substituents is 1. The van der Waals surface area contributed by atoms with E-state index in [1.807, 2.05) is 0 Å². The zero-order valence-corrected chi connectivity index (χ0v) is 30.4. The van der Waals surface area contributed by atoms with E-state index in [0.29, 0.717) is 18.2 Å². The van der Waals surface area contributed by atoms with Crippen LogP contribution in [0.25, 0.3) is 10.8 Å². The second-order valence-corrected chi connectivity index (χ2v) is 16.6. The molecular formula is C26H21ClN10O13S4. The lowest BCUT2D eigenvalue weighted by molar-refractivity contribution is 0.472. The first-order chi connectivity index (χ1) is 24.8. The second kappa shape index (κ2) is 14.0. The molecule has 0 amide bonds. The summed E-state index contributed by atoms with van der Waals surface area (Å²) in [6.07, 6.45) is 0. The van der Waals surface area contributed by atoms with Gasteiger partial charge in [0.2, 0.25) is 17.2 Å². The molecule has 5 aromatic rings. The summed E-state index contributed by atoms with van der Waals surface area (Å²) in [5.41, 5.74) is 8.65. The summed E-state index contributed by atoms with van der Waals surface area (Å²) in [7, 11) is -20.2. The van der Waals surface area contributed by atoms with Crippen LogP contribution >= 0.6 is 11.6 Å². The van der Waals surface area contributed by atoms with Crippen LogP contribution < -0.4 is 16.8 Å². The quantitative estimate of drug-likeness (QED) is 0.0547. The summed E-state index contributed by atoms with van der Waals surface area (Å²) in [5, 5.41) is 28.0. The number of aromatic hydroxyl groups is 1. The topological polar surface area (TPSA) is 390 Å². The number of halogens is 1. The number of phenols is 1. The van der Waals surface area contributed by atoms with Crippen molar-refractivity contribution in [1.82, 2.24) is 15.0 Å². The highest BCUT2D eigenvalue weighted by molar-refractivity contribution is 7.86. The van der Waals surface area contributed by atoms with Crippen molar-refractivity contribution in [3.63, 3.8) is 0 Å². The van der Waals surface area contributed by atoms with Crippen LogP contribution in [-0.4, -0.2) is 71.9 Å². The van der Waals surface area contributed by atoms with Crippen LogP contribution in [-0.2, 0) is 40.5 Å². The number of hydrogen-bond donors (Lipinski definition) is 8. The lowest BCUT2D eigenvalue weighted by Gasteiger charge is -2.14. The molecule has 5 rings (SSSR count). The minimum absolute atomic E-state index is 0.00948. The van der Waals surface area contributed by atoms with Gasteiger partial charge in [-0.1, -0.05) is 0 Å². The van der Waals surface area contributed by atoms with Crippen LogP contribution in [0.3, 0.4) is 0 Å². The molecule has 54 heavy (non-hydrogen) atoms. The van der Waals surface area contributed by atoms with Crippen molar-refractivity contribution in [2.45, 2.75) is 26.5 Å². The Morgan fingerprint density at radius 1 is 0.667 bits per heavy atom. The first-order valence-corrected chi connectivity index (χ1v) is 20.0. The Kier molecular flexibility index (Phi) is 10.3. The summed E-state index contributed by atoms with van der Waals surface area (Å²) in [6.45, 7) is 1.36. The maximum absolute atomic E-state index is 12.5. The van der Waals surface area contributed by atoms with Gasteiger partial charge >= 0.3 is 0 Å². The van der Waals surface area contributed by atoms with Gasteiger partial charge in [-0.15, -0.1) is 20.5 Å². The van der Waals surface area contributed by atoms with Gasteiger partial charge in [0.15, 0.2) is 5.75 Å². The molecule has 0 radical (unpaired) electrons. The second-order valence-electron chi connectivity index (χ2n) is 10.6. The van der Waals surface area contributed by atoms with Gasteiger partial charge in [-0.3, -0.25) is 18.2 Å². The third-order valence-electron chi connectivity index (χ3n) is 6.96. The highest BCUT2D eigenvalue weighted by Crippen LogP contribution is 2.47. The van der Waals surface area contributed by atoms with Gasteiger partial charge in [0.1, 0.15) is 37.4 Å². The molecule has 0 atom stereocenters. The maximum atomic E-state index is 12.5. The minimum atomic E-state index is -5.24. The van der Waals surface area contributed by atoms with Crippen molar-refractivity contribution in [2.24, 2.45) is 20.5 Å². The fourth-order valence-electron chi connectivity index (χ4n) is 4.71. The number of nitrogen functional groups attached to an aromatic ring is 2. The molecule has 0 aliphatic rings. The molecule has 284 valence electrons. The van der Waals surface area contributed by atoms with Crippen molar-refractivity contribution in [3.05, 3.63) is 59.4 Å². The molecule has 1 aromatic heterocycles. The summed E-state index contributed by atoms with van der Waals surface area (Å²) in [4.78, 5) is 7.50. The molecule has 28 heteroatoms. The fraction of sp³-hybridized carbons (Fsp3) is 0.0385. The van der Waals surface area contributed by atoms with E-state index in [-0.39, 0.29) is 39.5 Å². The van der Waals surface area contributed by atoms with E-state index in [2.05, 4.69) is 40.7 Å². The van der Waals surface area contributed by atoms with Gasteiger partial charge in [-0.2, -0.15) is 48.6 Å². The van der Waals surface area contributed by atoms with Gasteiger partial charge < -0.3 is 21.9 Å². The number of benzene rings is 4. The Hall–Kier alpha value is -5.52. The molecule has 0 saturated heterocycles. The molecule has 0 fully saturated rings. The van der Waals surface area contributed by atoms with Gasteiger partial charge in [0, 0.05) is 5.69 Å². The molecule has 4 aromatic carbocycles. The number of fused-ring (bicyclic) bond motifs is 1. The molecule has 0 aliphatic heterocycles. The summed E-state index contributed by atoms with van der Waals surface area (Å²) >= 11 is 5.78. The Balaban J connectivity index is 1.70. The van der Waals surface area contributed by atoms with Crippen molar-refractivity contribution >= 4 is 109 Å². The SMILES string of the molecule is Cc1cc2cc(S(=O)(=O)O)c(N=Nc3cc(Nc4nc(N)nc(Cl)n4)ccc3S(=O)(=O)O)c(O)c2c(N)c1N=Nc1cc(S(=O)(=O)O)ccc1S(=O)(=O)O. The van der Waals surface area contributed by atoms with Gasteiger partial charge in [-0.05, 0) is 78.0 Å². The number of rotatable bonds is 10. The number of aromatic nitrogens is 3. The highest BCUT2D eigenvalue weighted by atomic mass is 35.5. The molecule has 10 N–H and O–H groups in total. The number of nitrogens with two attached hydrogens (primary N) is 2. The van der Waals surface area contributed by atoms with Crippen LogP contribution in [0, 0.1) is 6.92 Å². The van der Waals surface area contributed by atoms with Crippen LogP contribution in [0.1, 0.15) is 5.56 Å². The molecule has 0 unspecified atom stereocenters. The van der Waals surface area contributed by atoms with Crippen LogP contribution in [0.2, 0.25) is 5.28 Å². The summed E-state index contributed by atoms with van der Waals surface area (Å²) in [6, 6.07) is 6.83. The molecule has 0 bridgehead atoms. The summed E-state index contributed by atoms with van der Waals surface area (Å²) in [5.74, 6) is -1.58. The monoisotopic (exact) mass is 844 g/mol. The number of nitrogens with zero attached hydrogens (tertiary/aromatic N) is 7. The van der Waals surface area contributed by atoms with Crippen LogP contribution in [0.15, 0.2) is 88.6 Å². The van der Waals surface area contributed by atoms with Gasteiger partial charge in [0.25, 0.3) is 40.5 Å². The van der Waals surface area contributed by atoms with E-state index >= 15 is 0 Å². The van der Waals surface area contributed by atoms with E-state index in [4.69, 9.17) is 23.1 Å². The lowest BCUT2D eigenvalue weighted by Crippen LogP contribution is -2.04. The Morgan fingerprint density at radius 2 is 1.22 bits per heavy atom. The van der Waals surface area contributed by atoms with Crippen molar-refractivity contribution in [1.29, 1.82) is 0 Å². The maximum Gasteiger partial charge on any atom is 0.296 e. The molecule has 0 aliphatic carbocycles. The average Bonchev–Trinajstić information content (AvgIpc) is 3.01. The minimum Gasteiger partial charge on any atom is -0.505 e. The van der Waals surface area contributed by atoms with E-state index < -0.39 is 93.9 Å². The smallest absolute Gasteiger partial charge is 0.296 e. The third kappa shape index (κ3) is 8.48. The molecule has 0 spiro atoms. The molecular weight excluding hydrogens is 824 g/mol. The standard InChI is InChI=1S/C26H21ClN10O13S4/c1-10-6-11-7-18(54(48,49)50)22(37-34-14-8-12(2-4-16(14)52(42,43)44)30-26-32-24(27)31-25(29)33-26)23(38)19(11)20(28)21(10)36-35-15-9-13(51(39,40)41)3-5-17(15)53(45,46)47/h2-9,38H,28H2,1H3,(H,39,40,41)(H,42,43,44)(H,45,46,47)(H,48,49,50)(H3,29,30,31,32,33). The molecule has 23 nitrogen and oxygen atoms in total. The van der Waals surface area contributed by atoms with E-state index in [9.17, 15) is 57.0 Å². The van der Waals surface area contributed by atoms with E-state index in [0.717, 1.165) is 24.3 Å². The zero-order valence-electron chi connectivity index (χ0n) is 26.4. The molecule has 0 saturated carbocycles. The third-order valence-corrected chi connectivity index (χ3v) is 10.6. The Bertz CT molecular complexity index is 2910. The van der Waals surface area contributed by atoms with E-state index in [1.165, 1.54) is 13.0 Å².